The van der Waals surface area contributed by atoms with Crippen LogP contribution in [-0.2, 0) is 9.53 Å². The maximum Gasteiger partial charge on any atom is 0.422 e. The number of H-pyrrole nitrogens is 1. The molecule has 1 aromatic heterocycles. The van der Waals surface area contributed by atoms with E-state index in [-0.39, 0.29) is 5.91 Å². The van der Waals surface area contributed by atoms with Crippen LogP contribution < -0.4 is 4.90 Å². The van der Waals surface area contributed by atoms with Crippen LogP contribution in [0.3, 0.4) is 0 Å². The maximum absolute atomic E-state index is 13.2. The van der Waals surface area contributed by atoms with Crippen molar-refractivity contribution in [3.8, 4) is 0 Å². The Kier molecular flexibility index (Phi) is 4.11. The number of aromatic amines is 1. The molecule has 0 saturated heterocycles. The molecule has 28 heavy (non-hydrogen) atoms. The van der Waals surface area contributed by atoms with Crippen molar-refractivity contribution in [1.29, 1.82) is 0 Å². The number of aryl methyl sites for hydroxylation is 1. The highest BCUT2D eigenvalue weighted by Crippen LogP contribution is 2.39. The van der Waals surface area contributed by atoms with Gasteiger partial charge in [-0.1, -0.05) is 36.4 Å². The number of rotatable bonds is 1. The predicted molar refractivity (Wildman–Crippen MR) is 111 cm³/mol. The minimum Gasteiger partial charge on any atom is -0.443 e. The van der Waals surface area contributed by atoms with Crippen LogP contribution in [0, 0.1) is 6.92 Å². The Bertz CT molecular complexity index is 1130. The number of nitrogens with one attached hydrogen (secondary N) is 1. The predicted octanol–water partition coefficient (Wildman–Crippen LogP) is 5.30. The van der Waals surface area contributed by atoms with Crippen LogP contribution in [0.25, 0.3) is 22.6 Å². The number of carbonyl (C=O) groups excluding carboxylic acids is 2. The molecule has 0 unspecified atom stereocenters. The van der Waals surface area contributed by atoms with E-state index in [9.17, 15) is 9.59 Å². The first kappa shape index (κ1) is 18.0. The zero-order valence-electron chi connectivity index (χ0n) is 16.4. The van der Waals surface area contributed by atoms with Gasteiger partial charge in [0.05, 0.1) is 11.3 Å². The Balaban J connectivity index is 1.82. The molecule has 0 aliphatic carbocycles. The van der Waals surface area contributed by atoms with Gasteiger partial charge in [-0.2, -0.15) is 0 Å². The second-order valence-electron chi connectivity index (χ2n) is 7.94. The van der Waals surface area contributed by atoms with Gasteiger partial charge in [0.25, 0.3) is 5.91 Å². The van der Waals surface area contributed by atoms with Gasteiger partial charge in [0.15, 0.2) is 0 Å². The van der Waals surface area contributed by atoms with Crippen LogP contribution in [0.4, 0.5) is 10.5 Å². The summed E-state index contributed by atoms with van der Waals surface area (Å²) in [6.45, 7) is 7.38. The molecule has 2 heterocycles. The average Bonchev–Trinajstić information content (AvgIpc) is 3.14. The topological polar surface area (TPSA) is 62.4 Å². The molecule has 1 N–H and O–H groups in total. The number of aromatic nitrogens is 1. The Morgan fingerprint density at radius 3 is 2.61 bits per heavy atom. The van der Waals surface area contributed by atoms with Crippen molar-refractivity contribution in [3.05, 3.63) is 65.4 Å². The van der Waals surface area contributed by atoms with Crippen LogP contribution in [-0.4, -0.2) is 22.6 Å². The first-order chi connectivity index (χ1) is 13.3. The Hall–Kier alpha value is -3.34. The number of nitrogens with zero attached hydrogens (tertiary/aromatic N) is 1. The van der Waals surface area contributed by atoms with Gasteiger partial charge < -0.3 is 9.72 Å². The summed E-state index contributed by atoms with van der Waals surface area (Å²) in [6.07, 6.45) is 3.06. The molecule has 1 aliphatic rings. The third-order valence-electron chi connectivity index (χ3n) is 4.70. The third-order valence-corrected chi connectivity index (χ3v) is 4.70. The van der Waals surface area contributed by atoms with E-state index in [0.29, 0.717) is 11.3 Å². The SMILES string of the molecule is Cc1cccc2c(C=C3C(=O)N(C(=O)OC(C)(C)C)c4ccccc43)c[nH]c12. The van der Waals surface area contributed by atoms with Crippen LogP contribution in [0.15, 0.2) is 48.7 Å². The number of imide groups is 1. The second kappa shape index (κ2) is 6.37. The number of ether oxygens (including phenoxy) is 1. The molecule has 0 radical (unpaired) electrons. The van der Waals surface area contributed by atoms with Gasteiger partial charge in [-0.15, -0.1) is 0 Å². The Morgan fingerprint density at radius 2 is 1.86 bits per heavy atom. The van der Waals surface area contributed by atoms with Gasteiger partial charge in [0.2, 0.25) is 0 Å². The molecule has 0 saturated carbocycles. The minimum absolute atomic E-state index is 0.377. The van der Waals surface area contributed by atoms with Crippen molar-refractivity contribution < 1.29 is 14.3 Å². The summed E-state index contributed by atoms with van der Waals surface area (Å²) in [5.41, 5.74) is 4.14. The van der Waals surface area contributed by atoms with Crippen molar-refractivity contribution >= 4 is 40.2 Å². The quantitative estimate of drug-likeness (QED) is 0.588. The zero-order chi connectivity index (χ0) is 20.1. The molecule has 142 valence electrons. The number of hydrogen-bond donors (Lipinski definition) is 1. The summed E-state index contributed by atoms with van der Waals surface area (Å²) < 4.78 is 5.45. The summed E-state index contributed by atoms with van der Waals surface area (Å²) in [4.78, 5) is 30.2. The van der Waals surface area contributed by atoms with Gasteiger partial charge in [0, 0.05) is 28.2 Å². The molecule has 0 atom stereocenters. The van der Waals surface area contributed by atoms with Crippen LogP contribution in [0.2, 0.25) is 0 Å². The fourth-order valence-corrected chi connectivity index (χ4v) is 3.47. The van der Waals surface area contributed by atoms with E-state index in [4.69, 9.17) is 4.74 Å². The lowest BCUT2D eigenvalue weighted by Crippen LogP contribution is -2.38. The highest BCUT2D eigenvalue weighted by Gasteiger charge is 2.38. The number of hydrogen-bond acceptors (Lipinski definition) is 3. The number of benzene rings is 2. The van der Waals surface area contributed by atoms with Crippen molar-refractivity contribution in [2.75, 3.05) is 4.90 Å². The fraction of sp³-hybridized carbons (Fsp3) is 0.217. The monoisotopic (exact) mass is 374 g/mol. The number of fused-ring (bicyclic) bond motifs is 2. The van der Waals surface area contributed by atoms with Crippen molar-refractivity contribution in [2.45, 2.75) is 33.3 Å². The van der Waals surface area contributed by atoms with E-state index in [1.165, 1.54) is 0 Å². The normalized spacial score (nSPS) is 15.4. The molecule has 0 spiro atoms. The van der Waals surface area contributed by atoms with Gasteiger partial charge in [-0.05, 0) is 45.4 Å². The number of amides is 2. The van der Waals surface area contributed by atoms with Gasteiger partial charge in [0.1, 0.15) is 5.60 Å². The molecule has 0 fully saturated rings. The van der Waals surface area contributed by atoms with Crippen LogP contribution >= 0.6 is 0 Å². The molecular formula is C23H22N2O3. The Labute approximate surface area is 163 Å². The summed E-state index contributed by atoms with van der Waals surface area (Å²) in [6, 6.07) is 13.3. The van der Waals surface area contributed by atoms with E-state index in [1.54, 1.807) is 26.8 Å². The highest BCUT2D eigenvalue weighted by atomic mass is 16.6. The standard InChI is InChI=1S/C23H22N2O3/c1-14-8-7-10-16-15(13-24-20(14)16)12-18-17-9-5-6-11-19(17)25(21(18)26)22(27)28-23(2,3)4/h5-13,24H,1-4H3. The summed E-state index contributed by atoms with van der Waals surface area (Å²) >= 11 is 0. The van der Waals surface area contributed by atoms with Gasteiger partial charge >= 0.3 is 6.09 Å². The lowest BCUT2D eigenvalue weighted by molar-refractivity contribution is -0.112. The Morgan fingerprint density at radius 1 is 1.11 bits per heavy atom. The first-order valence-corrected chi connectivity index (χ1v) is 9.21. The van der Waals surface area contributed by atoms with E-state index >= 15 is 0 Å². The molecule has 5 nitrogen and oxygen atoms in total. The van der Waals surface area contributed by atoms with E-state index in [1.807, 2.05) is 55.6 Å². The smallest absolute Gasteiger partial charge is 0.422 e. The lowest BCUT2D eigenvalue weighted by atomic mass is 10.0. The van der Waals surface area contributed by atoms with Crippen LogP contribution in [0.5, 0.6) is 0 Å². The van der Waals surface area contributed by atoms with E-state index < -0.39 is 11.7 Å². The van der Waals surface area contributed by atoms with E-state index in [2.05, 4.69) is 4.98 Å². The molecule has 1 aliphatic heterocycles. The summed E-state index contributed by atoms with van der Waals surface area (Å²) in [7, 11) is 0. The van der Waals surface area contributed by atoms with Gasteiger partial charge in [-0.3, -0.25) is 4.79 Å². The second-order valence-corrected chi connectivity index (χ2v) is 7.94. The number of carbonyl (C=O) groups is 2. The minimum atomic E-state index is -0.687. The summed E-state index contributed by atoms with van der Waals surface area (Å²) in [5.74, 6) is -0.377. The molecular weight excluding hydrogens is 352 g/mol. The van der Waals surface area contributed by atoms with Crippen LogP contribution in [0.1, 0.15) is 37.5 Å². The highest BCUT2D eigenvalue weighted by molar-refractivity contribution is 6.41. The molecule has 5 heteroatoms. The lowest BCUT2D eigenvalue weighted by Gasteiger charge is -2.23. The first-order valence-electron chi connectivity index (χ1n) is 9.21. The van der Waals surface area contributed by atoms with Crippen molar-refractivity contribution in [3.63, 3.8) is 0 Å². The molecule has 0 bridgehead atoms. The van der Waals surface area contributed by atoms with Crippen molar-refractivity contribution in [1.82, 2.24) is 4.98 Å². The third kappa shape index (κ3) is 2.99. The molecule has 3 aromatic rings. The number of anilines is 1. The van der Waals surface area contributed by atoms with Gasteiger partial charge in [-0.25, -0.2) is 9.69 Å². The molecule has 4 rings (SSSR count). The molecule has 2 aromatic carbocycles. The summed E-state index contributed by atoms with van der Waals surface area (Å²) in [5, 5.41) is 1.04. The average molecular weight is 374 g/mol. The van der Waals surface area contributed by atoms with Crippen molar-refractivity contribution in [2.24, 2.45) is 0 Å². The largest absolute Gasteiger partial charge is 0.443 e. The van der Waals surface area contributed by atoms with E-state index in [0.717, 1.165) is 32.5 Å². The zero-order valence-corrected chi connectivity index (χ0v) is 16.4. The fourth-order valence-electron chi connectivity index (χ4n) is 3.47. The number of para-hydroxylation sites is 2. The molecule has 2 amide bonds. The maximum atomic E-state index is 13.2.